The third-order valence-electron chi connectivity index (χ3n) is 12.2. The number of carbonyl (C=O) groups excluding carboxylic acids is 5. The van der Waals surface area contributed by atoms with E-state index in [9.17, 15) is 28.4 Å². The molecule has 5 amide bonds. The molecule has 3 aromatic heterocycles. The molecule has 3 fully saturated rings. The van der Waals surface area contributed by atoms with E-state index in [0.717, 1.165) is 78.6 Å². The van der Waals surface area contributed by atoms with Gasteiger partial charge in [0.15, 0.2) is 5.65 Å². The highest BCUT2D eigenvalue weighted by molar-refractivity contribution is 6.25. The van der Waals surface area contributed by atoms with Gasteiger partial charge in [0.25, 0.3) is 11.8 Å². The molecule has 0 saturated carbocycles. The average Bonchev–Trinajstić information content (AvgIpc) is 4.00. The number of fused-ring (bicyclic) bond motifs is 2. The van der Waals surface area contributed by atoms with Crippen molar-refractivity contribution in [2.24, 2.45) is 0 Å². The number of nitrogens with zero attached hydrogens (tertiary/aromatic N) is 8. The predicted octanol–water partition coefficient (Wildman–Crippen LogP) is 5.38. The molecule has 5 aromatic rings. The maximum Gasteiger partial charge on any atom is 0.264 e. The summed E-state index contributed by atoms with van der Waals surface area (Å²) in [6, 6.07) is 20.7. The molecule has 7 heterocycles. The molecule has 0 radical (unpaired) electrons. The van der Waals surface area contributed by atoms with Crippen LogP contribution in [0.2, 0.25) is 0 Å². The molecule has 314 valence electrons. The van der Waals surface area contributed by atoms with Gasteiger partial charge in [-0.3, -0.25) is 34.2 Å². The molecule has 2 N–H and O–H groups in total. The van der Waals surface area contributed by atoms with Crippen molar-refractivity contribution in [2.75, 3.05) is 54.4 Å². The number of rotatable bonds is 13. The molecule has 16 heteroatoms. The first-order valence-electron chi connectivity index (χ1n) is 21.2. The fourth-order valence-electron chi connectivity index (χ4n) is 9.02. The Labute approximate surface area is 351 Å². The van der Waals surface area contributed by atoms with Gasteiger partial charge >= 0.3 is 0 Å². The van der Waals surface area contributed by atoms with Crippen molar-refractivity contribution in [3.05, 3.63) is 102 Å². The number of piperazine rings is 1. The van der Waals surface area contributed by atoms with Crippen molar-refractivity contribution in [3.63, 3.8) is 0 Å². The Balaban J connectivity index is 0.733. The van der Waals surface area contributed by atoms with Crippen LogP contribution in [0.25, 0.3) is 17.0 Å². The number of imidazole rings is 1. The summed E-state index contributed by atoms with van der Waals surface area (Å²) in [4.78, 5) is 80.6. The molecule has 15 nitrogen and oxygen atoms in total. The number of hydrogen-bond acceptors (Lipinski definition) is 11. The number of piperidine rings is 1. The van der Waals surface area contributed by atoms with Crippen LogP contribution in [-0.4, -0.2) is 104 Å². The smallest absolute Gasteiger partial charge is 0.264 e. The average molecular weight is 827 g/mol. The van der Waals surface area contributed by atoms with Crippen molar-refractivity contribution in [1.82, 2.24) is 34.7 Å². The number of pyridine rings is 1. The van der Waals surface area contributed by atoms with Gasteiger partial charge in [-0.2, -0.15) is 0 Å². The van der Waals surface area contributed by atoms with Gasteiger partial charge in [-0.1, -0.05) is 37.1 Å². The van der Waals surface area contributed by atoms with E-state index in [1.54, 1.807) is 36.5 Å². The molecule has 4 aliphatic heterocycles. The van der Waals surface area contributed by atoms with Gasteiger partial charge in [-0.05, 0) is 86.2 Å². The number of nitrogens with one attached hydrogen (secondary N) is 2. The van der Waals surface area contributed by atoms with Gasteiger partial charge in [0.2, 0.25) is 17.7 Å². The van der Waals surface area contributed by atoms with Gasteiger partial charge in [0, 0.05) is 57.8 Å². The first kappa shape index (κ1) is 39.7. The van der Waals surface area contributed by atoms with E-state index in [1.807, 2.05) is 45.8 Å². The molecule has 0 aliphatic carbocycles. The first-order valence-corrected chi connectivity index (χ1v) is 21.2. The van der Waals surface area contributed by atoms with Gasteiger partial charge in [-0.15, -0.1) is 5.10 Å². The Kier molecular flexibility index (Phi) is 11.1. The number of halogens is 1. The second kappa shape index (κ2) is 17.1. The van der Waals surface area contributed by atoms with E-state index in [-0.39, 0.29) is 41.7 Å². The van der Waals surface area contributed by atoms with Gasteiger partial charge < -0.3 is 20.0 Å². The third kappa shape index (κ3) is 8.01. The number of benzene rings is 2. The third-order valence-corrected chi connectivity index (χ3v) is 12.2. The van der Waals surface area contributed by atoms with Gasteiger partial charge in [0.1, 0.15) is 29.2 Å². The molecule has 0 spiro atoms. The first-order chi connectivity index (χ1) is 29.7. The molecule has 0 bridgehead atoms. The van der Waals surface area contributed by atoms with Crippen LogP contribution in [0.5, 0.6) is 0 Å². The van der Waals surface area contributed by atoms with Crippen molar-refractivity contribution in [1.29, 1.82) is 0 Å². The predicted molar refractivity (Wildman–Crippen MR) is 225 cm³/mol. The maximum absolute atomic E-state index is 14.1. The standard InChI is InChI=1S/C45H47FN10O5/c46-30-10-5-9-29(27-30)34-14-8-22-54(34)39-19-18-37-48-28-36(56(37)51-39)32-12-7-15-38(49-32)52-23-25-53(26-24-52)41(58)16-3-1-2-4-21-47-33-13-6-11-31-42(33)45(61)55(44(31)60)35-17-20-40(57)50-43(35)59/h5-7,9-13,15,18-19,27-28,34-35,47H,1-4,8,14,16-17,20-26H2,(H,50,57,59)/t34-,35?/m1/s1. The normalized spacial score (nSPS) is 19.2. The fourth-order valence-corrected chi connectivity index (χ4v) is 9.02. The van der Waals surface area contributed by atoms with Crippen molar-refractivity contribution >= 4 is 52.5 Å². The number of anilines is 3. The summed E-state index contributed by atoms with van der Waals surface area (Å²) < 4.78 is 15.9. The van der Waals surface area contributed by atoms with Crippen LogP contribution in [0.3, 0.4) is 0 Å². The minimum Gasteiger partial charge on any atom is -0.384 e. The van der Waals surface area contributed by atoms with Crippen LogP contribution in [0.1, 0.15) is 90.1 Å². The lowest BCUT2D eigenvalue weighted by atomic mass is 10.0. The second-order valence-corrected chi connectivity index (χ2v) is 16.0. The Hall–Kier alpha value is -6.71. The second-order valence-electron chi connectivity index (χ2n) is 16.0. The molecule has 1 unspecified atom stereocenters. The summed E-state index contributed by atoms with van der Waals surface area (Å²) in [5.74, 6) is -0.562. The van der Waals surface area contributed by atoms with E-state index < -0.39 is 29.7 Å². The summed E-state index contributed by atoms with van der Waals surface area (Å²) in [5.41, 5.74) is 4.22. The van der Waals surface area contributed by atoms with Crippen molar-refractivity contribution < 1.29 is 28.4 Å². The van der Waals surface area contributed by atoms with E-state index in [4.69, 9.17) is 10.1 Å². The van der Waals surface area contributed by atoms with Crippen molar-refractivity contribution in [3.8, 4) is 11.4 Å². The number of hydrogen-bond donors (Lipinski definition) is 2. The van der Waals surface area contributed by atoms with E-state index in [2.05, 4.69) is 25.4 Å². The van der Waals surface area contributed by atoms with Gasteiger partial charge in [0.05, 0.1) is 29.1 Å². The Morgan fingerprint density at radius 2 is 1.64 bits per heavy atom. The summed E-state index contributed by atoms with van der Waals surface area (Å²) in [6.45, 7) is 3.97. The van der Waals surface area contributed by atoms with Crippen LogP contribution < -0.4 is 20.4 Å². The zero-order chi connectivity index (χ0) is 42.0. The Morgan fingerprint density at radius 1 is 0.820 bits per heavy atom. The SMILES string of the molecule is O=C1CCC(N2C(=O)c3cccc(NCCCCCCC(=O)N4CCN(c5cccc(-c6cnc7ccc(N8CCC[C@@H]8c8cccc(F)c8)nn67)n5)CC4)c3C2=O)C(=O)N1. The lowest BCUT2D eigenvalue weighted by Crippen LogP contribution is -2.54. The maximum atomic E-state index is 14.1. The Bertz CT molecular complexity index is 2520. The number of imide groups is 2. The minimum atomic E-state index is -1.01. The van der Waals surface area contributed by atoms with Crippen LogP contribution in [-0.2, 0) is 14.4 Å². The summed E-state index contributed by atoms with van der Waals surface area (Å²) in [7, 11) is 0. The highest BCUT2D eigenvalue weighted by atomic mass is 19.1. The van der Waals surface area contributed by atoms with Gasteiger partial charge in [-0.25, -0.2) is 18.9 Å². The molecule has 61 heavy (non-hydrogen) atoms. The topological polar surface area (TPSA) is 165 Å². The summed E-state index contributed by atoms with van der Waals surface area (Å²) in [6.07, 6.45) is 7.71. The van der Waals surface area contributed by atoms with E-state index >= 15 is 0 Å². The van der Waals surface area contributed by atoms with Crippen LogP contribution in [0.4, 0.5) is 21.7 Å². The summed E-state index contributed by atoms with van der Waals surface area (Å²) in [5, 5.41) is 10.5. The highest BCUT2D eigenvalue weighted by Gasteiger charge is 2.45. The minimum absolute atomic E-state index is 0.0461. The summed E-state index contributed by atoms with van der Waals surface area (Å²) >= 11 is 0. The monoisotopic (exact) mass is 826 g/mol. The number of aromatic nitrogens is 4. The zero-order valence-electron chi connectivity index (χ0n) is 33.8. The molecule has 2 atom stereocenters. The number of amides is 5. The lowest BCUT2D eigenvalue weighted by molar-refractivity contribution is -0.136. The number of unbranched alkanes of at least 4 members (excludes halogenated alkanes) is 3. The van der Waals surface area contributed by atoms with Crippen molar-refractivity contribution in [2.45, 2.75) is 69.9 Å². The molecule has 2 aromatic carbocycles. The van der Waals surface area contributed by atoms with E-state index in [1.165, 1.54) is 6.07 Å². The van der Waals surface area contributed by atoms with Crippen LogP contribution >= 0.6 is 0 Å². The van der Waals surface area contributed by atoms with Crippen LogP contribution in [0.15, 0.2) is 79.0 Å². The largest absolute Gasteiger partial charge is 0.384 e. The Morgan fingerprint density at radius 3 is 2.48 bits per heavy atom. The zero-order valence-corrected chi connectivity index (χ0v) is 33.8. The fraction of sp³-hybridized carbons (Fsp3) is 0.378. The molecular formula is C45H47FN10O5. The molecule has 4 aliphatic rings. The quantitative estimate of drug-likeness (QED) is 0.116. The highest BCUT2D eigenvalue weighted by Crippen LogP contribution is 2.36. The molecule has 9 rings (SSSR count). The molecular weight excluding hydrogens is 780 g/mol. The molecule has 3 saturated heterocycles. The van der Waals surface area contributed by atoms with E-state index in [0.29, 0.717) is 50.5 Å². The number of carbonyl (C=O) groups is 5. The van der Waals surface area contributed by atoms with Crippen LogP contribution in [0, 0.1) is 5.82 Å². The lowest BCUT2D eigenvalue weighted by Gasteiger charge is -2.35.